The molecule has 0 aliphatic heterocycles. The maximum atomic E-state index is 12.2. The summed E-state index contributed by atoms with van der Waals surface area (Å²) in [5.74, 6) is 0.0440. The lowest BCUT2D eigenvalue weighted by Crippen LogP contribution is -2.41. The van der Waals surface area contributed by atoms with Gasteiger partial charge in [-0.25, -0.2) is 16.8 Å². The molecule has 0 aromatic carbocycles. The summed E-state index contributed by atoms with van der Waals surface area (Å²) in [6.07, 6.45) is 14.6. The van der Waals surface area contributed by atoms with Gasteiger partial charge in [0.25, 0.3) is 0 Å². The number of rotatable bonds is 29. The van der Waals surface area contributed by atoms with E-state index in [1.807, 2.05) is 0 Å². The Labute approximate surface area is 262 Å². The van der Waals surface area contributed by atoms with Crippen LogP contribution in [0.4, 0.5) is 13.2 Å². The summed E-state index contributed by atoms with van der Waals surface area (Å²) in [7, 11) is -10.6. The number of hydrogen-bond donors (Lipinski definition) is 1. The van der Waals surface area contributed by atoms with Crippen molar-refractivity contribution in [1.82, 2.24) is 4.13 Å². The molecule has 264 valence electrons. The zero-order valence-electron chi connectivity index (χ0n) is 26.2. The van der Waals surface area contributed by atoms with E-state index in [2.05, 4.69) is 6.92 Å². The molecule has 0 unspecified atom stereocenters. The summed E-state index contributed by atoms with van der Waals surface area (Å²) >= 11 is 0. The zero-order valence-corrected chi connectivity index (χ0v) is 27.8. The van der Waals surface area contributed by atoms with Gasteiger partial charge in [-0.1, -0.05) is 51.9 Å². The minimum absolute atomic E-state index is 0.0960. The van der Waals surface area contributed by atoms with Crippen LogP contribution in [0.25, 0.3) is 0 Å². The van der Waals surface area contributed by atoms with Crippen LogP contribution in [0, 0.1) is 5.92 Å². The van der Waals surface area contributed by atoms with Gasteiger partial charge in [0.2, 0.25) is 10.0 Å². The Morgan fingerprint density at radius 1 is 0.614 bits per heavy atom. The Balaban J connectivity index is 1.80. The van der Waals surface area contributed by atoms with Gasteiger partial charge in [-0.05, 0) is 38.0 Å². The van der Waals surface area contributed by atoms with Crippen molar-refractivity contribution in [2.45, 2.75) is 95.6 Å². The van der Waals surface area contributed by atoms with Gasteiger partial charge in [0.1, 0.15) is 0 Å². The predicted molar refractivity (Wildman–Crippen MR) is 160 cm³/mol. The molecule has 16 heteroatoms. The van der Waals surface area contributed by atoms with Crippen molar-refractivity contribution in [2.75, 3.05) is 78.4 Å². The summed E-state index contributed by atoms with van der Waals surface area (Å²) in [6.45, 7) is 6.09. The molecule has 0 heterocycles. The average molecular weight is 686 g/mol. The largest absolute Gasteiger partial charge is 0.512 e. The van der Waals surface area contributed by atoms with Crippen LogP contribution in [0.1, 0.15) is 84.0 Å². The fourth-order valence-corrected chi connectivity index (χ4v) is 7.21. The first-order valence-electron chi connectivity index (χ1n) is 15.8. The Hall–Kier alpha value is -0.590. The van der Waals surface area contributed by atoms with Gasteiger partial charge in [-0.2, -0.15) is 13.2 Å². The molecule has 1 fully saturated rings. The quantitative estimate of drug-likeness (QED) is 0.112. The molecule has 0 aromatic rings. The third-order valence-electron chi connectivity index (χ3n) is 7.07. The molecule has 0 radical (unpaired) electrons. The topological polar surface area (TPSA) is 136 Å². The first kappa shape index (κ1) is 41.4. The van der Waals surface area contributed by atoms with Crippen LogP contribution in [0.3, 0.4) is 0 Å². The van der Waals surface area contributed by atoms with Crippen LogP contribution in [0.5, 0.6) is 0 Å². The molecule has 0 aromatic heterocycles. The summed E-state index contributed by atoms with van der Waals surface area (Å²) < 4.78 is 115. The van der Waals surface area contributed by atoms with Crippen molar-refractivity contribution in [3.63, 3.8) is 0 Å². The highest BCUT2D eigenvalue weighted by atomic mass is 32.3. The number of alkyl halides is 3. The summed E-state index contributed by atoms with van der Waals surface area (Å²) in [4.78, 5) is 0. The molecule has 0 amide bonds. The standard InChI is InChI=1S/C28H54F3NO10S2/c1-2-3-4-5-6-7-9-26-10-12-27(13-11-26)42-24-23-41-22-21-40-20-19-39-18-17-38-16-15-37-14-8-25-43(33,34)32-44(35,36)28(29,30)31/h26-27,32H,2-25H2,1H3. The van der Waals surface area contributed by atoms with Crippen molar-refractivity contribution >= 4 is 20.0 Å². The van der Waals surface area contributed by atoms with E-state index in [0.29, 0.717) is 63.1 Å². The minimum Gasteiger partial charge on any atom is -0.379 e. The lowest BCUT2D eigenvalue weighted by Gasteiger charge is -2.28. The number of sulfonamides is 2. The average Bonchev–Trinajstić information content (AvgIpc) is 2.95. The fraction of sp³-hybridized carbons (Fsp3) is 1.00. The fourth-order valence-electron chi connectivity index (χ4n) is 4.66. The highest BCUT2D eigenvalue weighted by Crippen LogP contribution is 2.30. The Bertz CT molecular complexity index is 900. The first-order chi connectivity index (χ1) is 21.0. The smallest absolute Gasteiger partial charge is 0.379 e. The van der Waals surface area contributed by atoms with E-state index < -0.39 is 31.3 Å². The molecular weight excluding hydrogens is 631 g/mol. The van der Waals surface area contributed by atoms with E-state index in [-0.39, 0.29) is 26.2 Å². The van der Waals surface area contributed by atoms with E-state index in [0.717, 1.165) is 18.8 Å². The van der Waals surface area contributed by atoms with Crippen LogP contribution in [0.2, 0.25) is 0 Å². The predicted octanol–water partition coefficient (Wildman–Crippen LogP) is 4.55. The van der Waals surface area contributed by atoms with Gasteiger partial charge in [-0.15, -0.1) is 4.13 Å². The molecule has 1 rings (SSSR count). The van der Waals surface area contributed by atoms with Crippen LogP contribution in [-0.2, 0) is 48.5 Å². The summed E-state index contributed by atoms with van der Waals surface area (Å²) in [5.41, 5.74) is -5.71. The molecule has 1 N–H and O–H groups in total. The van der Waals surface area contributed by atoms with Gasteiger partial charge in [0.05, 0.1) is 77.9 Å². The van der Waals surface area contributed by atoms with E-state index in [1.54, 1.807) is 0 Å². The van der Waals surface area contributed by atoms with E-state index >= 15 is 0 Å². The Morgan fingerprint density at radius 3 is 1.57 bits per heavy atom. The normalized spacial score (nSPS) is 18.2. The van der Waals surface area contributed by atoms with Gasteiger partial charge in [0, 0.05) is 6.61 Å². The number of hydrogen-bond acceptors (Lipinski definition) is 10. The molecule has 0 saturated heterocycles. The SMILES string of the molecule is CCCCCCCCC1CCC(OCCOCCOCCOCCOCCOCCCS(=O)(=O)NS(=O)(=O)C(F)(F)F)CC1. The van der Waals surface area contributed by atoms with Crippen molar-refractivity contribution in [3.8, 4) is 0 Å². The highest BCUT2D eigenvalue weighted by Gasteiger charge is 2.48. The van der Waals surface area contributed by atoms with E-state index in [1.165, 1.54) is 57.8 Å². The van der Waals surface area contributed by atoms with Gasteiger partial charge in [0.15, 0.2) is 0 Å². The molecule has 0 spiro atoms. The number of unbranched alkanes of at least 4 members (excludes halogenated alkanes) is 5. The maximum absolute atomic E-state index is 12.2. The summed E-state index contributed by atoms with van der Waals surface area (Å²) in [5, 5.41) is 0. The maximum Gasteiger partial charge on any atom is 0.512 e. The van der Waals surface area contributed by atoms with Crippen molar-refractivity contribution in [3.05, 3.63) is 0 Å². The van der Waals surface area contributed by atoms with Crippen LogP contribution in [-0.4, -0.2) is 107 Å². The second-order valence-electron chi connectivity index (χ2n) is 10.8. The summed E-state index contributed by atoms with van der Waals surface area (Å²) in [6, 6.07) is 0. The van der Waals surface area contributed by atoms with Crippen LogP contribution in [0.15, 0.2) is 0 Å². The molecule has 0 bridgehead atoms. The second-order valence-corrected chi connectivity index (χ2v) is 14.6. The third-order valence-corrected chi connectivity index (χ3v) is 10.4. The van der Waals surface area contributed by atoms with E-state index in [9.17, 15) is 30.0 Å². The third kappa shape index (κ3) is 22.0. The molecule has 44 heavy (non-hydrogen) atoms. The first-order valence-corrected chi connectivity index (χ1v) is 18.9. The zero-order chi connectivity index (χ0) is 32.6. The molecule has 1 aliphatic rings. The van der Waals surface area contributed by atoms with Gasteiger partial charge >= 0.3 is 15.5 Å². The second kappa shape index (κ2) is 24.6. The Kier molecular flexibility index (Phi) is 23.1. The van der Waals surface area contributed by atoms with Crippen LogP contribution < -0.4 is 4.13 Å². The lowest BCUT2D eigenvalue weighted by atomic mass is 9.84. The molecule has 1 saturated carbocycles. The number of nitrogens with one attached hydrogen (secondary N) is 1. The number of ether oxygens (including phenoxy) is 6. The van der Waals surface area contributed by atoms with Gasteiger partial charge in [-0.3, -0.25) is 0 Å². The molecular formula is C28H54F3NO10S2. The molecule has 1 aliphatic carbocycles. The molecule has 0 atom stereocenters. The highest BCUT2D eigenvalue weighted by molar-refractivity contribution is 8.05. The van der Waals surface area contributed by atoms with Crippen LogP contribution >= 0.6 is 0 Å². The number of halogens is 3. The van der Waals surface area contributed by atoms with Crippen molar-refractivity contribution < 1.29 is 58.4 Å². The van der Waals surface area contributed by atoms with Crippen molar-refractivity contribution in [1.29, 1.82) is 0 Å². The monoisotopic (exact) mass is 685 g/mol. The van der Waals surface area contributed by atoms with E-state index in [4.69, 9.17) is 28.4 Å². The van der Waals surface area contributed by atoms with Gasteiger partial charge < -0.3 is 28.4 Å². The Morgan fingerprint density at radius 2 is 1.07 bits per heavy atom. The van der Waals surface area contributed by atoms with Crippen molar-refractivity contribution in [2.24, 2.45) is 5.92 Å². The minimum atomic E-state index is -5.97. The lowest BCUT2D eigenvalue weighted by molar-refractivity contribution is -0.0441. The molecule has 11 nitrogen and oxygen atoms in total.